The summed E-state index contributed by atoms with van der Waals surface area (Å²) in [4.78, 5) is 15.5. The van der Waals surface area contributed by atoms with Crippen LogP contribution in [0, 0.1) is 0 Å². The number of aromatic amines is 1. The van der Waals surface area contributed by atoms with Gasteiger partial charge in [-0.1, -0.05) is 18.2 Å². The number of aromatic nitrogens is 1. The summed E-state index contributed by atoms with van der Waals surface area (Å²) < 4.78 is 15.6. The van der Waals surface area contributed by atoms with E-state index in [-0.39, 0.29) is 13.0 Å². The fourth-order valence-corrected chi connectivity index (χ4v) is 4.16. The van der Waals surface area contributed by atoms with Gasteiger partial charge < -0.3 is 54.9 Å². The van der Waals surface area contributed by atoms with E-state index >= 15 is 0 Å². The number of fused-ring (bicyclic) bond motifs is 1. The van der Waals surface area contributed by atoms with Crippen LogP contribution >= 0.6 is 0 Å². The van der Waals surface area contributed by atoms with Crippen molar-refractivity contribution >= 4 is 16.9 Å². The minimum Gasteiger partial charge on any atom is -0.456 e. The predicted molar refractivity (Wildman–Crippen MR) is 109 cm³/mol. The summed E-state index contributed by atoms with van der Waals surface area (Å²) in [6.07, 6.45) is -15.4. The topological polar surface area (TPSA) is 202 Å². The predicted octanol–water partition coefficient (Wildman–Crippen LogP) is -3.10. The van der Waals surface area contributed by atoms with Crippen molar-refractivity contribution in [2.75, 3.05) is 6.61 Å². The van der Waals surface area contributed by atoms with E-state index in [4.69, 9.17) is 14.2 Å². The van der Waals surface area contributed by atoms with Crippen LogP contribution in [0.1, 0.15) is 5.56 Å². The van der Waals surface area contributed by atoms with Crippen molar-refractivity contribution < 1.29 is 54.8 Å². The van der Waals surface area contributed by atoms with Crippen LogP contribution in [0.15, 0.2) is 30.5 Å². The molecular formula is C21H27NO11. The Bertz CT molecular complexity index is 951. The van der Waals surface area contributed by atoms with E-state index in [1.54, 1.807) is 12.3 Å². The molecule has 0 spiro atoms. The van der Waals surface area contributed by atoms with Gasteiger partial charge >= 0.3 is 5.97 Å². The maximum absolute atomic E-state index is 12.5. The lowest BCUT2D eigenvalue weighted by Crippen LogP contribution is -2.67. The lowest BCUT2D eigenvalue weighted by atomic mass is 9.84. The molecule has 2 aliphatic rings. The highest BCUT2D eigenvalue weighted by Crippen LogP contribution is 2.29. The molecule has 1 aromatic heterocycles. The summed E-state index contributed by atoms with van der Waals surface area (Å²) in [6, 6.07) is 7.28. The Hall–Kier alpha value is -2.13. The average molecular weight is 469 g/mol. The van der Waals surface area contributed by atoms with Gasteiger partial charge in [-0.3, -0.25) is 4.79 Å². The second-order valence-corrected chi connectivity index (χ2v) is 8.30. The Labute approximate surface area is 187 Å². The van der Waals surface area contributed by atoms with Gasteiger partial charge in [-0.15, -0.1) is 0 Å². The Balaban J connectivity index is 1.41. The van der Waals surface area contributed by atoms with E-state index < -0.39 is 67.2 Å². The highest BCUT2D eigenvalue weighted by Gasteiger charge is 2.53. The summed E-state index contributed by atoms with van der Waals surface area (Å²) >= 11 is 0. The Morgan fingerprint density at radius 1 is 0.909 bits per heavy atom. The monoisotopic (exact) mass is 469 g/mol. The number of ether oxygens (including phenoxy) is 3. The van der Waals surface area contributed by atoms with Crippen molar-refractivity contribution in [1.82, 2.24) is 4.98 Å². The normalized spacial score (nSPS) is 39.5. The van der Waals surface area contributed by atoms with Gasteiger partial charge in [0.2, 0.25) is 0 Å². The van der Waals surface area contributed by atoms with E-state index in [0.29, 0.717) is 5.56 Å². The summed E-state index contributed by atoms with van der Waals surface area (Å²) in [7, 11) is 0. The number of carbonyl (C=O) groups is 1. The minimum atomic E-state index is -1.84. The maximum atomic E-state index is 12.5. The van der Waals surface area contributed by atoms with Gasteiger partial charge in [0.15, 0.2) is 12.4 Å². The first-order valence-corrected chi connectivity index (χ1v) is 10.5. The third-order valence-electron chi connectivity index (χ3n) is 6.07. The molecule has 182 valence electrons. The molecule has 10 atom stereocenters. The first-order chi connectivity index (χ1) is 15.7. The van der Waals surface area contributed by atoms with Crippen LogP contribution in [0.5, 0.6) is 0 Å². The average Bonchev–Trinajstić information content (AvgIpc) is 3.21. The van der Waals surface area contributed by atoms with Crippen molar-refractivity contribution in [3.63, 3.8) is 0 Å². The molecule has 8 N–H and O–H groups in total. The number of esters is 1. The maximum Gasteiger partial charge on any atom is 0.310 e. The highest BCUT2D eigenvalue weighted by molar-refractivity contribution is 5.87. The van der Waals surface area contributed by atoms with Crippen molar-refractivity contribution in [2.45, 2.75) is 67.6 Å². The van der Waals surface area contributed by atoms with Crippen LogP contribution in [-0.2, 0) is 25.4 Å². The standard InChI is InChI=1S/C21H27NO11/c23-11-7-31-21(18(30)13(11)25)33-20-16(28)14(26)19(15(27)17(20)29)32-12(24)5-8-6-22-10-4-2-1-3-9(8)10/h1-4,6,11,13-23,25-30H,5,7H2/t11-,13-,14-,15+,16-,17+,18+,19?,20?,21-/m0/s1. The van der Waals surface area contributed by atoms with Crippen molar-refractivity contribution in [1.29, 1.82) is 0 Å². The number of nitrogens with one attached hydrogen (secondary N) is 1. The molecule has 4 rings (SSSR count). The third-order valence-corrected chi connectivity index (χ3v) is 6.07. The molecule has 12 heteroatoms. The Morgan fingerprint density at radius 2 is 1.55 bits per heavy atom. The molecule has 1 saturated heterocycles. The van der Waals surface area contributed by atoms with Crippen molar-refractivity contribution in [2.24, 2.45) is 0 Å². The fraction of sp³-hybridized carbons (Fsp3) is 0.571. The SMILES string of the molecule is O=C(Cc1c[nH]c2ccccc12)OC1[C@@H](O)[C@H](O)C(O[C@@H]2OC[C@H](O)[C@H](O)[C@H]2O)[C@H](O)[C@H]1O. The van der Waals surface area contributed by atoms with Gasteiger partial charge in [-0.25, -0.2) is 0 Å². The van der Waals surface area contributed by atoms with Gasteiger partial charge in [-0.2, -0.15) is 0 Å². The molecule has 1 aromatic carbocycles. The van der Waals surface area contributed by atoms with Gasteiger partial charge in [0.25, 0.3) is 0 Å². The number of hydrogen-bond donors (Lipinski definition) is 8. The van der Waals surface area contributed by atoms with Crippen LogP contribution < -0.4 is 0 Å². The van der Waals surface area contributed by atoms with Gasteiger partial charge in [0, 0.05) is 17.1 Å². The van der Waals surface area contributed by atoms with Crippen LogP contribution in [0.4, 0.5) is 0 Å². The van der Waals surface area contributed by atoms with Crippen molar-refractivity contribution in [3.05, 3.63) is 36.0 Å². The second-order valence-electron chi connectivity index (χ2n) is 8.30. The van der Waals surface area contributed by atoms with Gasteiger partial charge in [0.05, 0.1) is 13.0 Å². The number of aliphatic hydroxyl groups excluding tert-OH is 7. The van der Waals surface area contributed by atoms with Gasteiger partial charge in [0.1, 0.15) is 48.8 Å². The summed E-state index contributed by atoms with van der Waals surface area (Å²) in [6.45, 7) is -0.388. The Morgan fingerprint density at radius 3 is 2.24 bits per heavy atom. The highest BCUT2D eigenvalue weighted by atomic mass is 16.7. The molecule has 1 aliphatic heterocycles. The van der Waals surface area contributed by atoms with E-state index in [2.05, 4.69) is 4.98 Å². The lowest BCUT2D eigenvalue weighted by Gasteiger charge is -2.45. The number of benzene rings is 1. The summed E-state index contributed by atoms with van der Waals surface area (Å²) in [5.41, 5.74) is 1.44. The smallest absolute Gasteiger partial charge is 0.310 e. The minimum absolute atomic E-state index is 0.186. The zero-order chi connectivity index (χ0) is 23.9. The van der Waals surface area contributed by atoms with E-state index in [1.807, 2.05) is 18.2 Å². The van der Waals surface area contributed by atoms with Crippen LogP contribution in [0.2, 0.25) is 0 Å². The number of H-pyrrole nitrogens is 1. The van der Waals surface area contributed by atoms with Crippen LogP contribution in [-0.4, -0.2) is 115 Å². The second kappa shape index (κ2) is 9.62. The molecule has 0 radical (unpaired) electrons. The first kappa shape index (κ1) is 24.0. The lowest BCUT2D eigenvalue weighted by molar-refractivity contribution is -0.321. The first-order valence-electron chi connectivity index (χ1n) is 10.5. The summed E-state index contributed by atoms with van der Waals surface area (Å²) in [5.74, 6) is -0.801. The zero-order valence-corrected chi connectivity index (χ0v) is 17.3. The molecule has 0 bridgehead atoms. The molecule has 0 amide bonds. The molecule has 2 heterocycles. The number of para-hydroxylation sites is 1. The largest absolute Gasteiger partial charge is 0.456 e. The van der Waals surface area contributed by atoms with E-state index in [0.717, 1.165) is 10.9 Å². The molecule has 2 fully saturated rings. The fourth-order valence-electron chi connectivity index (χ4n) is 4.16. The molecule has 1 saturated carbocycles. The van der Waals surface area contributed by atoms with Crippen molar-refractivity contribution in [3.8, 4) is 0 Å². The third kappa shape index (κ3) is 4.62. The van der Waals surface area contributed by atoms with E-state index in [9.17, 15) is 40.5 Å². The molecular weight excluding hydrogens is 442 g/mol. The quantitative estimate of drug-likeness (QED) is 0.206. The van der Waals surface area contributed by atoms with Crippen LogP contribution in [0.3, 0.4) is 0 Å². The van der Waals surface area contributed by atoms with E-state index in [1.165, 1.54) is 0 Å². The number of aliphatic hydroxyl groups is 7. The molecule has 1 aliphatic carbocycles. The molecule has 2 aromatic rings. The molecule has 2 unspecified atom stereocenters. The van der Waals surface area contributed by atoms with Crippen LogP contribution in [0.25, 0.3) is 10.9 Å². The number of hydrogen-bond acceptors (Lipinski definition) is 11. The number of carbonyl (C=O) groups excluding carboxylic acids is 1. The van der Waals surface area contributed by atoms with Gasteiger partial charge in [-0.05, 0) is 11.6 Å². The zero-order valence-electron chi connectivity index (χ0n) is 17.3. The molecule has 12 nitrogen and oxygen atoms in total. The Kier molecular flexibility index (Phi) is 7.00. The summed E-state index contributed by atoms with van der Waals surface area (Å²) in [5, 5.41) is 71.9. The number of rotatable bonds is 5. The molecule has 33 heavy (non-hydrogen) atoms.